The van der Waals surface area contributed by atoms with Gasteiger partial charge in [-0.1, -0.05) is 76.1 Å². The maximum absolute atomic E-state index is 13.5. The van der Waals surface area contributed by atoms with Crippen LogP contribution in [0.4, 0.5) is 0 Å². The van der Waals surface area contributed by atoms with Gasteiger partial charge in [-0.2, -0.15) is 0 Å². The molecular weight excluding hydrogens is 460 g/mol. The summed E-state index contributed by atoms with van der Waals surface area (Å²) in [5, 5.41) is 3.80. The lowest BCUT2D eigenvalue weighted by Gasteiger charge is -2.19. The number of pyridine rings is 1. The Kier molecular flexibility index (Phi) is 6.89. The third-order valence-electron chi connectivity index (χ3n) is 7.62. The molecule has 0 aliphatic heterocycles. The number of carbonyl (C=O) groups is 2. The second-order valence-electron chi connectivity index (χ2n) is 11.4. The molecule has 1 N–H and O–H groups in total. The fraction of sp³-hybridized carbons (Fsp3) is 0.406. The number of aromatic nitrogens is 1. The van der Waals surface area contributed by atoms with Gasteiger partial charge in [0.25, 0.3) is 5.91 Å². The fourth-order valence-corrected chi connectivity index (χ4v) is 5.45. The van der Waals surface area contributed by atoms with E-state index >= 15 is 0 Å². The number of para-hydroxylation sites is 1. The fourth-order valence-electron chi connectivity index (χ4n) is 5.45. The van der Waals surface area contributed by atoms with E-state index in [1.165, 1.54) is 5.56 Å². The Bertz CT molecular complexity index is 1360. The first-order valence-electron chi connectivity index (χ1n) is 13.4. The Balaban J connectivity index is 1.45. The van der Waals surface area contributed by atoms with E-state index in [-0.39, 0.29) is 17.4 Å². The molecule has 5 nitrogen and oxygen atoms in total. The highest BCUT2D eigenvalue weighted by Gasteiger charge is 2.30. The molecule has 2 aliphatic carbocycles. The highest BCUT2D eigenvalue weighted by Crippen LogP contribution is 2.38. The number of ether oxygens (including phenoxy) is 1. The minimum atomic E-state index is -0.853. The molecule has 5 heteroatoms. The van der Waals surface area contributed by atoms with Gasteiger partial charge < -0.3 is 10.1 Å². The minimum Gasteiger partial charge on any atom is -0.449 e. The van der Waals surface area contributed by atoms with Crippen molar-refractivity contribution >= 4 is 34.4 Å². The van der Waals surface area contributed by atoms with E-state index in [0.29, 0.717) is 12.0 Å². The maximum atomic E-state index is 13.5. The van der Waals surface area contributed by atoms with Crippen LogP contribution in [0.1, 0.15) is 92.5 Å². The number of nitrogens with zero attached hydrogens (tertiary/aromatic N) is 1. The number of nitrogens with one attached hydrogen (secondary N) is 1. The first-order chi connectivity index (χ1) is 17.7. The molecule has 0 saturated heterocycles. The van der Waals surface area contributed by atoms with Crippen molar-refractivity contribution in [3.05, 3.63) is 76.5 Å². The summed E-state index contributed by atoms with van der Waals surface area (Å²) in [5.74, 6) is -0.686. The second-order valence-corrected chi connectivity index (χ2v) is 11.4. The van der Waals surface area contributed by atoms with Crippen LogP contribution < -0.4 is 5.32 Å². The second kappa shape index (κ2) is 10.1. The topological polar surface area (TPSA) is 68.3 Å². The van der Waals surface area contributed by atoms with Crippen LogP contribution in [0, 0.1) is 0 Å². The predicted molar refractivity (Wildman–Crippen MR) is 148 cm³/mol. The van der Waals surface area contributed by atoms with Crippen molar-refractivity contribution in [3.8, 4) is 0 Å². The number of esters is 1. The maximum Gasteiger partial charge on any atom is 0.339 e. The molecular formula is C32H36N2O3. The van der Waals surface area contributed by atoms with Crippen LogP contribution in [0.25, 0.3) is 22.6 Å². The standard InChI is InChI=1S/C32H36N2O3/c1-20(30(35)33-24-9-5-6-10-24)37-31(36)28-25-11-7-8-12-27(25)34-29-22(15-18-26(28)29)19-21-13-16-23(17-14-21)32(2,3)4/h7-8,11-14,16-17,19-20,24H,5-6,9-10,15,18H2,1-4H3,(H,33,35). The molecule has 1 atom stereocenters. The van der Waals surface area contributed by atoms with Crippen molar-refractivity contribution in [2.75, 3.05) is 0 Å². The molecule has 1 fully saturated rings. The van der Waals surface area contributed by atoms with Gasteiger partial charge in [0.1, 0.15) is 0 Å². The van der Waals surface area contributed by atoms with E-state index in [2.05, 4.69) is 56.4 Å². The summed E-state index contributed by atoms with van der Waals surface area (Å²) < 4.78 is 5.74. The summed E-state index contributed by atoms with van der Waals surface area (Å²) in [6, 6.07) is 16.5. The van der Waals surface area contributed by atoms with Crippen LogP contribution in [-0.4, -0.2) is 29.0 Å². The monoisotopic (exact) mass is 496 g/mol. The third-order valence-corrected chi connectivity index (χ3v) is 7.62. The molecule has 0 bridgehead atoms. The van der Waals surface area contributed by atoms with Crippen molar-refractivity contribution in [1.82, 2.24) is 10.3 Å². The van der Waals surface area contributed by atoms with Crippen LogP contribution in [0.2, 0.25) is 0 Å². The number of rotatable bonds is 5. The van der Waals surface area contributed by atoms with Crippen molar-refractivity contribution < 1.29 is 14.3 Å². The van der Waals surface area contributed by atoms with E-state index in [9.17, 15) is 9.59 Å². The van der Waals surface area contributed by atoms with Crippen LogP contribution in [0.5, 0.6) is 0 Å². The lowest BCUT2D eigenvalue weighted by molar-refractivity contribution is -0.129. The summed E-state index contributed by atoms with van der Waals surface area (Å²) in [6.07, 6.45) is 7.08. The van der Waals surface area contributed by atoms with Crippen molar-refractivity contribution in [3.63, 3.8) is 0 Å². The quantitative estimate of drug-likeness (QED) is 0.403. The number of hydrogen-bond acceptors (Lipinski definition) is 4. The summed E-state index contributed by atoms with van der Waals surface area (Å²) in [5.41, 5.74) is 6.68. The normalized spacial score (nSPS) is 17.7. The molecule has 1 saturated carbocycles. The Morgan fingerprint density at radius 1 is 1.03 bits per heavy atom. The summed E-state index contributed by atoms with van der Waals surface area (Å²) in [6.45, 7) is 8.28. The summed E-state index contributed by atoms with van der Waals surface area (Å²) in [7, 11) is 0. The number of amides is 1. The molecule has 1 aromatic heterocycles. The van der Waals surface area contributed by atoms with Gasteiger partial charge in [0.2, 0.25) is 0 Å². The lowest BCUT2D eigenvalue weighted by Crippen LogP contribution is -2.41. The van der Waals surface area contributed by atoms with E-state index in [1.807, 2.05) is 24.3 Å². The van der Waals surface area contributed by atoms with Gasteiger partial charge in [-0.25, -0.2) is 9.78 Å². The Hall–Kier alpha value is -3.47. The van der Waals surface area contributed by atoms with Gasteiger partial charge >= 0.3 is 5.97 Å². The Labute approximate surface area is 219 Å². The van der Waals surface area contributed by atoms with E-state index in [1.54, 1.807) is 6.92 Å². The zero-order chi connectivity index (χ0) is 26.2. The molecule has 2 aliphatic rings. The van der Waals surface area contributed by atoms with E-state index in [4.69, 9.17) is 9.72 Å². The summed E-state index contributed by atoms with van der Waals surface area (Å²) in [4.78, 5) is 31.2. The van der Waals surface area contributed by atoms with Gasteiger partial charge in [0, 0.05) is 11.4 Å². The smallest absolute Gasteiger partial charge is 0.339 e. The van der Waals surface area contributed by atoms with Crippen LogP contribution in [0.3, 0.4) is 0 Å². The molecule has 1 amide bonds. The number of carbonyl (C=O) groups excluding carboxylic acids is 2. The number of hydrogen-bond donors (Lipinski definition) is 1. The molecule has 2 aromatic carbocycles. The van der Waals surface area contributed by atoms with Gasteiger partial charge in [-0.15, -0.1) is 0 Å². The molecule has 3 aromatic rings. The van der Waals surface area contributed by atoms with E-state index < -0.39 is 12.1 Å². The van der Waals surface area contributed by atoms with Gasteiger partial charge in [0.05, 0.1) is 16.8 Å². The molecule has 1 heterocycles. The first kappa shape index (κ1) is 25.2. The number of benzene rings is 2. The van der Waals surface area contributed by atoms with Crippen molar-refractivity contribution in [2.24, 2.45) is 0 Å². The highest BCUT2D eigenvalue weighted by molar-refractivity contribution is 6.07. The van der Waals surface area contributed by atoms with Gasteiger partial charge in [-0.3, -0.25) is 4.79 Å². The SMILES string of the molecule is CC(OC(=O)c1c2c(nc3ccccc13)C(=Cc1ccc(C(C)(C)C)cc1)CC2)C(=O)NC1CCCC1. The molecule has 0 spiro atoms. The average molecular weight is 497 g/mol. The third kappa shape index (κ3) is 5.31. The lowest BCUT2D eigenvalue weighted by atomic mass is 9.86. The Morgan fingerprint density at radius 3 is 2.43 bits per heavy atom. The Morgan fingerprint density at radius 2 is 1.73 bits per heavy atom. The van der Waals surface area contributed by atoms with Crippen molar-refractivity contribution in [2.45, 2.75) is 83.8 Å². The van der Waals surface area contributed by atoms with Crippen LogP contribution >= 0.6 is 0 Å². The van der Waals surface area contributed by atoms with Crippen molar-refractivity contribution in [1.29, 1.82) is 0 Å². The molecule has 1 unspecified atom stereocenters. The molecule has 5 rings (SSSR count). The van der Waals surface area contributed by atoms with Crippen LogP contribution in [0.15, 0.2) is 48.5 Å². The molecule has 0 radical (unpaired) electrons. The number of fused-ring (bicyclic) bond motifs is 2. The summed E-state index contributed by atoms with van der Waals surface area (Å²) >= 11 is 0. The zero-order valence-corrected chi connectivity index (χ0v) is 22.3. The first-order valence-corrected chi connectivity index (χ1v) is 13.4. The highest BCUT2D eigenvalue weighted by atomic mass is 16.5. The molecule has 192 valence electrons. The zero-order valence-electron chi connectivity index (χ0n) is 22.3. The van der Waals surface area contributed by atoms with E-state index in [0.717, 1.165) is 65.4 Å². The predicted octanol–water partition coefficient (Wildman–Crippen LogP) is 6.62. The molecule has 37 heavy (non-hydrogen) atoms. The number of allylic oxidation sites excluding steroid dienone is 1. The van der Waals surface area contributed by atoms with Crippen LogP contribution in [-0.2, 0) is 21.4 Å². The van der Waals surface area contributed by atoms with Gasteiger partial charge in [-0.05, 0) is 72.4 Å². The average Bonchev–Trinajstić information content (AvgIpc) is 3.52. The minimum absolute atomic E-state index is 0.104. The van der Waals surface area contributed by atoms with Gasteiger partial charge in [0.15, 0.2) is 6.10 Å². The largest absolute Gasteiger partial charge is 0.449 e.